The van der Waals surface area contributed by atoms with Crippen LogP contribution in [0.15, 0.2) is 0 Å². The van der Waals surface area contributed by atoms with E-state index in [0.717, 1.165) is 12.8 Å². The lowest BCUT2D eigenvalue weighted by atomic mass is 9.97. The van der Waals surface area contributed by atoms with Crippen LogP contribution in [-0.2, 0) is 9.59 Å². The van der Waals surface area contributed by atoms with Crippen LogP contribution < -0.4 is 5.73 Å². The van der Waals surface area contributed by atoms with Crippen molar-refractivity contribution in [1.29, 1.82) is 0 Å². The minimum atomic E-state index is -0.275. The van der Waals surface area contributed by atoms with Crippen molar-refractivity contribution in [2.45, 2.75) is 19.3 Å². The Hall–Kier alpha value is -0.860. The molecule has 0 radical (unpaired) electrons. The number of ketones is 1. The maximum atomic E-state index is 11.1. The number of Topliss-reactive ketones (excluding diaryl/α,β-unsaturated/α-hetero) is 1. The smallest absolute Gasteiger partial charge is 0.221 e. The summed E-state index contributed by atoms with van der Waals surface area (Å²) >= 11 is 0. The third-order valence-electron chi connectivity index (χ3n) is 3.00. The van der Waals surface area contributed by atoms with Crippen LogP contribution in [0.4, 0.5) is 0 Å². The highest BCUT2D eigenvalue weighted by atomic mass is 16.1. The zero-order chi connectivity index (χ0) is 8.01. The first-order valence-corrected chi connectivity index (χ1v) is 4.02. The fraction of sp³-hybridized carbons (Fsp3) is 0.750. The minimum Gasteiger partial charge on any atom is -0.369 e. The number of nitrogens with two attached hydrogens (primary N) is 1. The highest BCUT2D eigenvalue weighted by Gasteiger charge is 2.49. The Kier molecular flexibility index (Phi) is 1.28. The fourth-order valence-corrected chi connectivity index (χ4v) is 2.51. The van der Waals surface area contributed by atoms with Gasteiger partial charge in [-0.05, 0) is 18.8 Å². The van der Waals surface area contributed by atoms with Crippen LogP contribution in [0.3, 0.4) is 0 Å². The predicted molar refractivity (Wildman–Crippen MR) is 38.5 cm³/mol. The lowest BCUT2D eigenvalue weighted by Crippen LogP contribution is -2.27. The molecule has 0 spiro atoms. The first-order valence-electron chi connectivity index (χ1n) is 4.02. The molecular weight excluding hydrogens is 142 g/mol. The van der Waals surface area contributed by atoms with E-state index < -0.39 is 0 Å². The summed E-state index contributed by atoms with van der Waals surface area (Å²) in [6.45, 7) is 0. The van der Waals surface area contributed by atoms with Crippen molar-refractivity contribution in [3.63, 3.8) is 0 Å². The van der Waals surface area contributed by atoms with E-state index in [0.29, 0.717) is 6.42 Å². The van der Waals surface area contributed by atoms with Crippen LogP contribution in [0.5, 0.6) is 0 Å². The molecular formula is C8H11NO2. The molecule has 2 N–H and O–H groups in total. The van der Waals surface area contributed by atoms with Crippen molar-refractivity contribution < 1.29 is 9.59 Å². The van der Waals surface area contributed by atoms with Gasteiger partial charge in [-0.1, -0.05) is 0 Å². The van der Waals surface area contributed by atoms with Gasteiger partial charge in [0.1, 0.15) is 5.78 Å². The number of hydrogen-bond acceptors (Lipinski definition) is 2. The van der Waals surface area contributed by atoms with E-state index in [9.17, 15) is 9.59 Å². The van der Waals surface area contributed by atoms with Crippen molar-refractivity contribution in [1.82, 2.24) is 0 Å². The van der Waals surface area contributed by atoms with E-state index in [4.69, 9.17) is 5.73 Å². The Morgan fingerprint density at radius 3 is 2.45 bits per heavy atom. The summed E-state index contributed by atoms with van der Waals surface area (Å²) in [6.07, 6.45) is 2.50. The third kappa shape index (κ3) is 0.800. The van der Waals surface area contributed by atoms with Gasteiger partial charge in [0.05, 0.1) is 5.92 Å². The van der Waals surface area contributed by atoms with Crippen LogP contribution in [-0.4, -0.2) is 11.7 Å². The zero-order valence-electron chi connectivity index (χ0n) is 6.25. The molecule has 0 unspecified atom stereocenters. The van der Waals surface area contributed by atoms with Crippen LogP contribution in [0, 0.1) is 17.8 Å². The molecule has 2 saturated carbocycles. The quantitative estimate of drug-likeness (QED) is 0.580. The maximum Gasteiger partial charge on any atom is 0.221 e. The Labute approximate surface area is 64.9 Å². The Morgan fingerprint density at radius 2 is 2.18 bits per heavy atom. The molecule has 2 rings (SSSR count). The molecule has 3 heteroatoms. The van der Waals surface area contributed by atoms with E-state index in [2.05, 4.69) is 0 Å². The highest BCUT2D eigenvalue weighted by Crippen LogP contribution is 2.46. The number of amides is 1. The Morgan fingerprint density at radius 1 is 1.45 bits per heavy atom. The second kappa shape index (κ2) is 2.06. The summed E-state index contributed by atoms with van der Waals surface area (Å²) in [5, 5.41) is 0. The predicted octanol–water partition coefficient (Wildman–Crippen LogP) is 0.0869. The number of hydrogen-bond donors (Lipinski definition) is 1. The van der Waals surface area contributed by atoms with Gasteiger partial charge in [-0.15, -0.1) is 0 Å². The molecule has 2 aliphatic rings. The highest BCUT2D eigenvalue weighted by molar-refractivity contribution is 5.93. The number of carbonyl (C=O) groups excluding carboxylic acids is 2. The van der Waals surface area contributed by atoms with E-state index >= 15 is 0 Å². The molecule has 3 nitrogen and oxygen atoms in total. The minimum absolute atomic E-state index is 0.0162. The van der Waals surface area contributed by atoms with Gasteiger partial charge in [0, 0.05) is 12.3 Å². The van der Waals surface area contributed by atoms with E-state index in [-0.39, 0.29) is 29.4 Å². The van der Waals surface area contributed by atoms with Crippen LogP contribution in [0.1, 0.15) is 19.3 Å². The van der Waals surface area contributed by atoms with Crippen LogP contribution in [0.25, 0.3) is 0 Å². The van der Waals surface area contributed by atoms with Gasteiger partial charge in [0.15, 0.2) is 0 Å². The Balaban J connectivity index is 2.25. The molecule has 0 aromatic rings. The molecule has 1 amide bonds. The summed E-state index contributed by atoms with van der Waals surface area (Å²) in [6, 6.07) is 0. The van der Waals surface area contributed by atoms with Gasteiger partial charge in [-0.25, -0.2) is 0 Å². The average molecular weight is 153 g/mol. The fourth-order valence-electron chi connectivity index (χ4n) is 2.51. The summed E-state index contributed by atoms with van der Waals surface area (Å²) in [4.78, 5) is 22.0. The average Bonchev–Trinajstić information content (AvgIpc) is 2.41. The normalized spacial score (nSPS) is 41.5. The van der Waals surface area contributed by atoms with Gasteiger partial charge >= 0.3 is 0 Å². The number of carbonyl (C=O) groups is 2. The number of rotatable bonds is 1. The van der Waals surface area contributed by atoms with Crippen molar-refractivity contribution in [3.05, 3.63) is 0 Å². The summed E-state index contributed by atoms with van der Waals surface area (Å²) in [5.74, 6) is 0.124. The van der Waals surface area contributed by atoms with Crippen LogP contribution in [0.2, 0.25) is 0 Å². The molecule has 60 valence electrons. The van der Waals surface area contributed by atoms with E-state index in [1.54, 1.807) is 0 Å². The molecule has 2 bridgehead atoms. The summed E-state index contributed by atoms with van der Waals surface area (Å²) in [7, 11) is 0. The van der Waals surface area contributed by atoms with Crippen LogP contribution >= 0.6 is 0 Å². The third-order valence-corrected chi connectivity index (χ3v) is 3.00. The SMILES string of the molecule is NC(=O)[C@@H]1[C@@H]2CC[C@@H]1C(=O)C2. The molecule has 11 heavy (non-hydrogen) atoms. The molecule has 2 aliphatic carbocycles. The molecule has 0 aromatic carbocycles. The van der Waals surface area contributed by atoms with Gasteiger partial charge in [-0.3, -0.25) is 9.59 Å². The largest absolute Gasteiger partial charge is 0.369 e. The van der Waals surface area contributed by atoms with E-state index in [1.807, 2.05) is 0 Å². The van der Waals surface area contributed by atoms with Crippen molar-refractivity contribution in [3.8, 4) is 0 Å². The van der Waals surface area contributed by atoms with Gasteiger partial charge in [0.25, 0.3) is 0 Å². The second-order valence-electron chi connectivity index (χ2n) is 3.54. The number of fused-ring (bicyclic) bond motifs is 2. The molecule has 2 fully saturated rings. The maximum absolute atomic E-state index is 11.1. The Bertz CT molecular complexity index is 224. The van der Waals surface area contributed by atoms with Gasteiger partial charge in [-0.2, -0.15) is 0 Å². The lowest BCUT2D eigenvalue weighted by Gasteiger charge is -2.07. The number of primary amides is 1. The zero-order valence-corrected chi connectivity index (χ0v) is 6.25. The van der Waals surface area contributed by atoms with Crippen molar-refractivity contribution in [2.75, 3.05) is 0 Å². The van der Waals surface area contributed by atoms with Crippen molar-refractivity contribution in [2.24, 2.45) is 23.5 Å². The lowest BCUT2D eigenvalue weighted by molar-refractivity contribution is -0.127. The monoisotopic (exact) mass is 153 g/mol. The summed E-state index contributed by atoms with van der Waals surface area (Å²) in [5.41, 5.74) is 5.19. The molecule has 0 aliphatic heterocycles. The van der Waals surface area contributed by atoms with Gasteiger partial charge < -0.3 is 5.73 Å². The van der Waals surface area contributed by atoms with Gasteiger partial charge in [0.2, 0.25) is 5.91 Å². The second-order valence-corrected chi connectivity index (χ2v) is 3.54. The summed E-state index contributed by atoms with van der Waals surface area (Å²) < 4.78 is 0. The van der Waals surface area contributed by atoms with E-state index in [1.165, 1.54) is 0 Å². The molecule has 0 aromatic heterocycles. The molecule has 3 atom stereocenters. The first kappa shape index (κ1) is 6.83. The molecule has 0 saturated heterocycles. The molecule has 0 heterocycles. The topological polar surface area (TPSA) is 60.2 Å². The first-order chi connectivity index (χ1) is 5.20. The standard InChI is InChI=1S/C8H11NO2/c9-8(11)7-4-1-2-5(7)6(10)3-4/h4-5,7H,1-3H2,(H2,9,11)/t4-,5-,7-/m1/s1. The van der Waals surface area contributed by atoms with Crippen molar-refractivity contribution >= 4 is 11.7 Å².